The van der Waals surface area contributed by atoms with Crippen LogP contribution in [0.3, 0.4) is 0 Å². The lowest BCUT2D eigenvalue weighted by atomic mass is 9.95. The molecule has 0 bridgehead atoms. The van der Waals surface area contributed by atoms with Crippen molar-refractivity contribution in [3.8, 4) is 0 Å². The molecule has 2 unspecified atom stereocenters. The molecule has 0 saturated carbocycles. The Hall–Kier alpha value is -0.190. The van der Waals surface area contributed by atoms with Gasteiger partial charge in [-0.25, -0.2) is 0 Å². The van der Waals surface area contributed by atoms with E-state index in [0.717, 1.165) is 18.0 Å². The van der Waals surface area contributed by atoms with Crippen molar-refractivity contribution in [1.29, 1.82) is 0 Å². The van der Waals surface area contributed by atoms with Crippen molar-refractivity contribution in [2.45, 2.75) is 45.7 Å². The van der Waals surface area contributed by atoms with Crippen molar-refractivity contribution in [3.05, 3.63) is 16.9 Å². The fourth-order valence-electron chi connectivity index (χ4n) is 2.66. The molecule has 1 N–H and O–H groups in total. The Balaban J connectivity index is 2.28. The van der Waals surface area contributed by atoms with Gasteiger partial charge in [-0.05, 0) is 50.7 Å². The predicted octanol–water partition coefficient (Wildman–Crippen LogP) is 3.91. The SMILES string of the molecule is CCCNC(c1c(Cl)cnn1C(C)C)C1CCSC1. The molecule has 5 heteroatoms. The first-order chi connectivity index (χ1) is 9.15. The summed E-state index contributed by atoms with van der Waals surface area (Å²) in [5.74, 6) is 3.16. The third kappa shape index (κ3) is 3.47. The van der Waals surface area contributed by atoms with Crippen LogP contribution in [0.2, 0.25) is 5.02 Å². The van der Waals surface area contributed by atoms with Gasteiger partial charge in [0.1, 0.15) is 0 Å². The Morgan fingerprint density at radius 3 is 2.95 bits per heavy atom. The summed E-state index contributed by atoms with van der Waals surface area (Å²) in [5, 5.41) is 8.95. The molecular formula is C14H24ClN3S. The number of hydrogen-bond acceptors (Lipinski definition) is 3. The lowest BCUT2D eigenvalue weighted by Gasteiger charge is -2.26. The predicted molar refractivity (Wildman–Crippen MR) is 84.1 cm³/mol. The van der Waals surface area contributed by atoms with E-state index in [4.69, 9.17) is 11.6 Å². The zero-order valence-electron chi connectivity index (χ0n) is 12.0. The molecule has 1 aliphatic heterocycles. The van der Waals surface area contributed by atoms with Gasteiger partial charge in [0.2, 0.25) is 0 Å². The summed E-state index contributed by atoms with van der Waals surface area (Å²) in [6.07, 6.45) is 4.20. The molecule has 0 aromatic carbocycles. The standard InChI is InChI=1S/C14H24ClN3S/c1-4-6-16-13(11-5-7-19-9-11)14-12(15)8-17-18(14)10(2)3/h8,10-11,13,16H,4-7,9H2,1-3H3. The summed E-state index contributed by atoms with van der Waals surface area (Å²) in [7, 11) is 0. The fraction of sp³-hybridized carbons (Fsp3) is 0.786. The summed E-state index contributed by atoms with van der Waals surface area (Å²) in [5.41, 5.74) is 1.18. The lowest BCUT2D eigenvalue weighted by molar-refractivity contribution is 0.357. The highest BCUT2D eigenvalue weighted by Gasteiger charge is 2.31. The number of hydrogen-bond donors (Lipinski definition) is 1. The van der Waals surface area contributed by atoms with Crippen LogP contribution in [0.1, 0.15) is 51.4 Å². The molecule has 1 fully saturated rings. The minimum absolute atomic E-state index is 0.340. The fourth-order valence-corrected chi connectivity index (χ4v) is 4.20. The molecule has 0 amide bonds. The number of rotatable bonds is 6. The van der Waals surface area contributed by atoms with E-state index in [1.54, 1.807) is 6.20 Å². The van der Waals surface area contributed by atoms with Crippen LogP contribution < -0.4 is 5.32 Å². The summed E-state index contributed by atoms with van der Waals surface area (Å²) in [6.45, 7) is 7.56. The molecule has 0 aliphatic carbocycles. The van der Waals surface area contributed by atoms with Crippen LogP contribution in [0.4, 0.5) is 0 Å². The normalized spacial score (nSPS) is 21.2. The quantitative estimate of drug-likeness (QED) is 0.864. The van der Waals surface area contributed by atoms with E-state index in [9.17, 15) is 0 Å². The lowest BCUT2D eigenvalue weighted by Crippen LogP contribution is -2.31. The van der Waals surface area contributed by atoms with Gasteiger partial charge in [-0.15, -0.1) is 0 Å². The Kier molecular flexibility index (Phi) is 5.60. The second-order valence-electron chi connectivity index (χ2n) is 5.47. The smallest absolute Gasteiger partial charge is 0.0834 e. The Labute approximate surface area is 125 Å². The average molecular weight is 302 g/mol. The van der Waals surface area contributed by atoms with Crippen LogP contribution in [0.5, 0.6) is 0 Å². The number of halogens is 1. The highest BCUT2D eigenvalue weighted by atomic mass is 35.5. The zero-order chi connectivity index (χ0) is 13.8. The van der Waals surface area contributed by atoms with E-state index >= 15 is 0 Å². The first kappa shape index (κ1) is 15.2. The number of aromatic nitrogens is 2. The molecular weight excluding hydrogens is 278 g/mol. The molecule has 1 saturated heterocycles. The van der Waals surface area contributed by atoms with Crippen LogP contribution in [0, 0.1) is 5.92 Å². The second kappa shape index (κ2) is 7.00. The summed E-state index contributed by atoms with van der Waals surface area (Å²) >= 11 is 8.46. The second-order valence-corrected chi connectivity index (χ2v) is 7.03. The Morgan fingerprint density at radius 2 is 2.37 bits per heavy atom. The Morgan fingerprint density at radius 1 is 1.58 bits per heavy atom. The van der Waals surface area contributed by atoms with E-state index < -0.39 is 0 Å². The maximum absolute atomic E-state index is 6.41. The molecule has 19 heavy (non-hydrogen) atoms. The monoisotopic (exact) mass is 301 g/mol. The highest BCUT2D eigenvalue weighted by Crippen LogP contribution is 2.37. The van der Waals surface area contributed by atoms with E-state index in [2.05, 4.69) is 35.9 Å². The number of nitrogens with one attached hydrogen (secondary N) is 1. The molecule has 1 aromatic heterocycles. The van der Waals surface area contributed by atoms with Crippen molar-refractivity contribution >= 4 is 23.4 Å². The minimum Gasteiger partial charge on any atom is -0.308 e. The molecule has 3 nitrogen and oxygen atoms in total. The van der Waals surface area contributed by atoms with Gasteiger partial charge in [0, 0.05) is 6.04 Å². The third-order valence-electron chi connectivity index (χ3n) is 3.62. The van der Waals surface area contributed by atoms with Gasteiger partial charge in [-0.1, -0.05) is 18.5 Å². The van der Waals surface area contributed by atoms with Crippen LogP contribution in [-0.2, 0) is 0 Å². The van der Waals surface area contributed by atoms with Gasteiger partial charge >= 0.3 is 0 Å². The van der Waals surface area contributed by atoms with E-state index in [-0.39, 0.29) is 0 Å². The first-order valence-electron chi connectivity index (χ1n) is 7.19. The molecule has 2 rings (SSSR count). The molecule has 0 spiro atoms. The molecule has 2 heterocycles. The van der Waals surface area contributed by atoms with Crippen molar-refractivity contribution in [2.75, 3.05) is 18.1 Å². The summed E-state index contributed by atoms with van der Waals surface area (Å²) in [6, 6.07) is 0.690. The molecule has 0 radical (unpaired) electrons. The molecule has 1 aromatic rings. The molecule has 108 valence electrons. The van der Waals surface area contributed by atoms with Gasteiger partial charge in [-0.2, -0.15) is 16.9 Å². The third-order valence-corrected chi connectivity index (χ3v) is 5.10. The molecule has 2 atom stereocenters. The van der Waals surface area contributed by atoms with E-state index in [1.165, 1.54) is 23.6 Å². The van der Waals surface area contributed by atoms with E-state index in [1.807, 2.05) is 11.8 Å². The molecule has 1 aliphatic rings. The first-order valence-corrected chi connectivity index (χ1v) is 8.72. The number of nitrogens with zero attached hydrogens (tertiary/aromatic N) is 2. The maximum Gasteiger partial charge on any atom is 0.0834 e. The topological polar surface area (TPSA) is 29.9 Å². The van der Waals surface area contributed by atoms with Gasteiger partial charge in [0.15, 0.2) is 0 Å². The van der Waals surface area contributed by atoms with Crippen molar-refractivity contribution < 1.29 is 0 Å². The van der Waals surface area contributed by atoms with Crippen LogP contribution in [0.15, 0.2) is 6.20 Å². The van der Waals surface area contributed by atoms with Gasteiger partial charge in [-0.3, -0.25) is 4.68 Å². The minimum atomic E-state index is 0.340. The van der Waals surface area contributed by atoms with Crippen LogP contribution in [0.25, 0.3) is 0 Å². The van der Waals surface area contributed by atoms with Crippen LogP contribution >= 0.6 is 23.4 Å². The maximum atomic E-state index is 6.41. The van der Waals surface area contributed by atoms with Gasteiger partial charge in [0.05, 0.1) is 23.0 Å². The zero-order valence-corrected chi connectivity index (χ0v) is 13.6. The summed E-state index contributed by atoms with van der Waals surface area (Å²) in [4.78, 5) is 0. The largest absolute Gasteiger partial charge is 0.308 e. The van der Waals surface area contributed by atoms with Gasteiger partial charge in [0.25, 0.3) is 0 Å². The highest BCUT2D eigenvalue weighted by molar-refractivity contribution is 7.99. The van der Waals surface area contributed by atoms with Crippen LogP contribution in [-0.4, -0.2) is 27.8 Å². The van der Waals surface area contributed by atoms with Gasteiger partial charge < -0.3 is 5.32 Å². The van der Waals surface area contributed by atoms with Crippen molar-refractivity contribution in [1.82, 2.24) is 15.1 Å². The Bertz CT molecular complexity index is 399. The van der Waals surface area contributed by atoms with Crippen molar-refractivity contribution in [3.63, 3.8) is 0 Å². The number of thioether (sulfide) groups is 1. The van der Waals surface area contributed by atoms with E-state index in [0.29, 0.717) is 18.0 Å². The van der Waals surface area contributed by atoms with Crippen molar-refractivity contribution in [2.24, 2.45) is 5.92 Å². The summed E-state index contributed by atoms with van der Waals surface area (Å²) < 4.78 is 2.08. The average Bonchev–Trinajstić information content (AvgIpc) is 3.01.